The Kier molecular flexibility index (Phi) is 8.20. The second kappa shape index (κ2) is 11.1. The summed E-state index contributed by atoms with van der Waals surface area (Å²) in [5, 5.41) is 6.00. The van der Waals surface area contributed by atoms with Gasteiger partial charge in [0.15, 0.2) is 0 Å². The van der Waals surface area contributed by atoms with E-state index in [-0.39, 0.29) is 17.1 Å². The number of aryl methyl sites for hydroxylation is 1. The van der Waals surface area contributed by atoms with Crippen molar-refractivity contribution in [2.45, 2.75) is 30.4 Å². The number of amides is 2. The van der Waals surface area contributed by atoms with Crippen LogP contribution in [-0.2, 0) is 4.79 Å². The zero-order valence-electron chi connectivity index (χ0n) is 18.1. The predicted octanol–water partition coefficient (Wildman–Crippen LogP) is 6.42. The lowest BCUT2D eigenvalue weighted by molar-refractivity contribution is -0.115. The Labute approximate surface area is 197 Å². The van der Waals surface area contributed by atoms with E-state index >= 15 is 0 Å². The van der Waals surface area contributed by atoms with Crippen LogP contribution in [0.4, 0.5) is 11.4 Å². The minimum atomic E-state index is -0.332. The second-order valence-electron chi connectivity index (χ2n) is 7.20. The van der Waals surface area contributed by atoms with Gasteiger partial charge in [-0.25, -0.2) is 0 Å². The highest BCUT2D eigenvalue weighted by atomic mass is 35.5. The van der Waals surface area contributed by atoms with Gasteiger partial charge in [-0.05, 0) is 61.9 Å². The Hall–Kier alpha value is -2.96. The highest BCUT2D eigenvalue weighted by molar-refractivity contribution is 8.00. The average Bonchev–Trinajstić information content (AvgIpc) is 2.78. The number of hydrogen-bond acceptors (Lipinski definition) is 4. The van der Waals surface area contributed by atoms with Crippen molar-refractivity contribution in [2.24, 2.45) is 0 Å². The van der Waals surface area contributed by atoms with Gasteiger partial charge in [0.05, 0.1) is 18.0 Å². The third-order valence-electron chi connectivity index (χ3n) is 4.77. The molecule has 0 aromatic heterocycles. The Morgan fingerprint density at radius 1 is 1.03 bits per heavy atom. The van der Waals surface area contributed by atoms with E-state index in [4.69, 9.17) is 16.3 Å². The maximum Gasteiger partial charge on any atom is 0.255 e. The Balaban J connectivity index is 1.69. The molecule has 2 amide bonds. The molecule has 0 aliphatic carbocycles. The smallest absolute Gasteiger partial charge is 0.255 e. The molecule has 0 heterocycles. The monoisotopic (exact) mass is 468 g/mol. The second-order valence-corrected chi connectivity index (χ2v) is 8.91. The molecule has 1 atom stereocenters. The number of carbonyl (C=O) groups is 2. The summed E-state index contributed by atoms with van der Waals surface area (Å²) >= 11 is 7.50. The van der Waals surface area contributed by atoms with Gasteiger partial charge < -0.3 is 15.4 Å². The van der Waals surface area contributed by atoms with Crippen molar-refractivity contribution >= 4 is 46.6 Å². The summed E-state index contributed by atoms with van der Waals surface area (Å²) in [5.74, 6) is 0.223. The third-order valence-corrected chi connectivity index (χ3v) is 6.36. The van der Waals surface area contributed by atoms with Crippen molar-refractivity contribution in [1.29, 1.82) is 0 Å². The van der Waals surface area contributed by atoms with Crippen LogP contribution in [0.3, 0.4) is 0 Å². The van der Waals surface area contributed by atoms with E-state index in [1.807, 2.05) is 50.2 Å². The Morgan fingerprint density at radius 3 is 2.47 bits per heavy atom. The van der Waals surface area contributed by atoms with Gasteiger partial charge in [-0.3, -0.25) is 9.59 Å². The van der Waals surface area contributed by atoms with Crippen molar-refractivity contribution in [3.63, 3.8) is 0 Å². The van der Waals surface area contributed by atoms with Crippen LogP contribution in [0.5, 0.6) is 5.75 Å². The number of ether oxygens (including phenoxy) is 1. The van der Waals surface area contributed by atoms with Crippen LogP contribution in [0, 0.1) is 6.92 Å². The first-order valence-electron chi connectivity index (χ1n) is 10.2. The quantitative estimate of drug-likeness (QED) is 0.374. The summed E-state index contributed by atoms with van der Waals surface area (Å²) in [5.41, 5.74) is 2.89. The highest BCUT2D eigenvalue weighted by Gasteiger charge is 2.20. The van der Waals surface area contributed by atoms with E-state index in [2.05, 4.69) is 10.6 Å². The van der Waals surface area contributed by atoms with Gasteiger partial charge in [0, 0.05) is 21.2 Å². The predicted molar refractivity (Wildman–Crippen MR) is 132 cm³/mol. The minimum Gasteiger partial charge on any atom is -0.495 e. The highest BCUT2D eigenvalue weighted by Crippen LogP contribution is 2.31. The normalized spacial score (nSPS) is 11.5. The van der Waals surface area contributed by atoms with Crippen LogP contribution in [0.1, 0.15) is 29.3 Å². The number of rotatable bonds is 8. The fourth-order valence-corrected chi connectivity index (χ4v) is 4.22. The molecule has 0 spiro atoms. The van der Waals surface area contributed by atoms with Crippen molar-refractivity contribution in [1.82, 2.24) is 0 Å². The summed E-state index contributed by atoms with van der Waals surface area (Å²) in [4.78, 5) is 26.3. The third kappa shape index (κ3) is 6.28. The van der Waals surface area contributed by atoms with E-state index in [1.165, 1.54) is 11.8 Å². The van der Waals surface area contributed by atoms with Gasteiger partial charge in [0.1, 0.15) is 5.75 Å². The molecule has 7 heteroatoms. The van der Waals surface area contributed by atoms with Gasteiger partial charge >= 0.3 is 0 Å². The number of nitrogens with one attached hydrogen (secondary N) is 2. The molecule has 0 fully saturated rings. The molecule has 3 rings (SSSR count). The summed E-state index contributed by atoms with van der Waals surface area (Å²) in [6.45, 7) is 3.93. The number of methoxy groups -OCH3 is 1. The van der Waals surface area contributed by atoms with E-state index in [1.54, 1.807) is 37.4 Å². The first-order chi connectivity index (χ1) is 15.4. The Bertz CT molecular complexity index is 1100. The van der Waals surface area contributed by atoms with Crippen LogP contribution in [-0.4, -0.2) is 24.2 Å². The molecule has 32 heavy (non-hydrogen) atoms. The molecule has 0 saturated heterocycles. The number of thioether (sulfide) groups is 1. The van der Waals surface area contributed by atoms with Crippen LogP contribution in [0.25, 0.3) is 0 Å². The molecule has 0 aliphatic heterocycles. The molecule has 0 radical (unpaired) electrons. The summed E-state index contributed by atoms with van der Waals surface area (Å²) in [7, 11) is 1.54. The molecular weight excluding hydrogens is 444 g/mol. The van der Waals surface area contributed by atoms with E-state index in [9.17, 15) is 9.59 Å². The van der Waals surface area contributed by atoms with Crippen LogP contribution in [0.2, 0.25) is 5.02 Å². The number of halogens is 1. The fraction of sp³-hybridized carbons (Fsp3) is 0.200. The average molecular weight is 469 g/mol. The van der Waals surface area contributed by atoms with Crippen LogP contribution in [0.15, 0.2) is 71.6 Å². The standard InChI is InChI=1S/C25H25ClN2O3S/c1-4-23(25(30)28-21-14-18(26)12-13-22(21)31-3)32-20-7-5-6-19(15-20)27-24(29)17-10-8-16(2)9-11-17/h5-15,23H,4H2,1-3H3,(H,27,29)(H,28,30). The first-order valence-corrected chi connectivity index (χ1v) is 11.4. The van der Waals surface area contributed by atoms with Crippen molar-refractivity contribution in [3.8, 4) is 5.75 Å². The molecule has 1 unspecified atom stereocenters. The minimum absolute atomic E-state index is 0.146. The van der Waals surface area contributed by atoms with Crippen molar-refractivity contribution < 1.29 is 14.3 Å². The summed E-state index contributed by atoms with van der Waals surface area (Å²) in [6, 6.07) is 20.0. The summed E-state index contributed by atoms with van der Waals surface area (Å²) < 4.78 is 5.31. The molecule has 3 aromatic rings. The van der Waals surface area contributed by atoms with Gasteiger partial charge in [-0.2, -0.15) is 0 Å². The van der Waals surface area contributed by atoms with Crippen molar-refractivity contribution in [2.75, 3.05) is 17.7 Å². The molecule has 166 valence electrons. The Morgan fingerprint density at radius 2 is 1.78 bits per heavy atom. The zero-order chi connectivity index (χ0) is 23.1. The lowest BCUT2D eigenvalue weighted by Crippen LogP contribution is -2.24. The molecule has 5 nitrogen and oxygen atoms in total. The lowest BCUT2D eigenvalue weighted by atomic mass is 10.1. The maximum atomic E-state index is 12.9. The number of carbonyl (C=O) groups excluding carboxylic acids is 2. The SMILES string of the molecule is CCC(Sc1cccc(NC(=O)c2ccc(C)cc2)c1)C(=O)Nc1cc(Cl)ccc1OC. The lowest BCUT2D eigenvalue weighted by Gasteiger charge is -2.17. The number of anilines is 2. The topological polar surface area (TPSA) is 67.4 Å². The van der Waals surface area contributed by atoms with Crippen LogP contribution >= 0.6 is 23.4 Å². The molecule has 3 aromatic carbocycles. The largest absolute Gasteiger partial charge is 0.495 e. The van der Waals surface area contributed by atoms with Crippen LogP contribution < -0.4 is 15.4 Å². The molecule has 0 bridgehead atoms. The molecule has 2 N–H and O–H groups in total. The van der Waals surface area contributed by atoms with Gasteiger partial charge in [-0.1, -0.05) is 42.3 Å². The summed E-state index contributed by atoms with van der Waals surface area (Å²) in [6.07, 6.45) is 0.624. The first kappa shape index (κ1) is 23.7. The molecular formula is C25H25ClN2O3S. The van der Waals surface area contributed by atoms with Gasteiger partial charge in [-0.15, -0.1) is 11.8 Å². The zero-order valence-corrected chi connectivity index (χ0v) is 19.7. The van der Waals surface area contributed by atoms with E-state index in [0.29, 0.717) is 34.1 Å². The van der Waals surface area contributed by atoms with E-state index < -0.39 is 0 Å². The van der Waals surface area contributed by atoms with Gasteiger partial charge in [0.25, 0.3) is 5.91 Å². The van der Waals surface area contributed by atoms with Gasteiger partial charge in [0.2, 0.25) is 5.91 Å². The number of benzene rings is 3. The fourth-order valence-electron chi connectivity index (χ4n) is 3.03. The molecule has 0 aliphatic rings. The maximum absolute atomic E-state index is 12.9. The number of hydrogen-bond donors (Lipinski definition) is 2. The van der Waals surface area contributed by atoms with E-state index in [0.717, 1.165) is 10.5 Å². The van der Waals surface area contributed by atoms with Crippen molar-refractivity contribution in [3.05, 3.63) is 82.9 Å². The molecule has 0 saturated carbocycles.